The van der Waals surface area contributed by atoms with Crippen molar-refractivity contribution < 1.29 is 37.0 Å². The van der Waals surface area contributed by atoms with Gasteiger partial charge in [-0.05, 0) is 37.6 Å². The Balaban J connectivity index is 2.73. The second-order valence-electron chi connectivity index (χ2n) is 4.83. The fourth-order valence-corrected chi connectivity index (χ4v) is 1.84. The van der Waals surface area contributed by atoms with Crippen LogP contribution in [0.4, 0.5) is 13.2 Å². The number of hydrogen-bond donors (Lipinski definition) is 0. The molecule has 0 heterocycles. The van der Waals surface area contributed by atoms with Crippen LogP contribution in [0, 0.1) is 0 Å². The van der Waals surface area contributed by atoms with E-state index in [4.69, 9.17) is 4.74 Å². The van der Waals surface area contributed by atoms with Crippen molar-refractivity contribution in [2.24, 2.45) is 0 Å². The van der Waals surface area contributed by atoms with Crippen LogP contribution in [-0.4, -0.2) is 30.4 Å². The summed E-state index contributed by atoms with van der Waals surface area (Å²) in [4.78, 5) is 35.1. The van der Waals surface area contributed by atoms with Gasteiger partial charge in [0.25, 0.3) is 0 Å². The van der Waals surface area contributed by atoms with Crippen LogP contribution >= 0.6 is 0 Å². The predicted molar refractivity (Wildman–Crippen MR) is 77.2 cm³/mol. The van der Waals surface area contributed by atoms with Crippen LogP contribution in [0.2, 0.25) is 0 Å². The standard InChI is InChI=1S/C16H17F3O5/c1-3-13(12(20)9-14(21)23-4-2)24-15(22)10-5-7-11(8-6-10)16(17,18)19/h5-8,13H,3-4,9H2,1-2H3. The molecule has 0 aliphatic carbocycles. The molecule has 0 saturated carbocycles. The van der Waals surface area contributed by atoms with E-state index in [1.54, 1.807) is 13.8 Å². The smallest absolute Gasteiger partial charge is 0.416 e. The van der Waals surface area contributed by atoms with Crippen molar-refractivity contribution in [1.82, 2.24) is 0 Å². The van der Waals surface area contributed by atoms with E-state index in [0.29, 0.717) is 0 Å². The molecule has 5 nitrogen and oxygen atoms in total. The highest BCUT2D eigenvalue weighted by atomic mass is 19.4. The highest BCUT2D eigenvalue weighted by molar-refractivity contribution is 5.99. The number of rotatable bonds is 7. The molecule has 1 rings (SSSR count). The molecule has 1 aromatic carbocycles. The summed E-state index contributed by atoms with van der Waals surface area (Å²) in [5.74, 6) is -2.30. The van der Waals surface area contributed by atoms with E-state index in [2.05, 4.69) is 4.74 Å². The number of benzene rings is 1. The normalized spacial score (nSPS) is 12.4. The molecule has 0 fully saturated rings. The van der Waals surface area contributed by atoms with Crippen molar-refractivity contribution in [3.8, 4) is 0 Å². The van der Waals surface area contributed by atoms with Crippen molar-refractivity contribution in [3.05, 3.63) is 35.4 Å². The van der Waals surface area contributed by atoms with Gasteiger partial charge in [0.1, 0.15) is 6.42 Å². The van der Waals surface area contributed by atoms with Crippen LogP contribution in [0.3, 0.4) is 0 Å². The molecule has 1 unspecified atom stereocenters. The second-order valence-corrected chi connectivity index (χ2v) is 4.83. The number of carbonyl (C=O) groups is 3. The minimum Gasteiger partial charge on any atom is -0.466 e. The molecule has 1 atom stereocenters. The number of Topliss-reactive ketones (excluding diaryl/α,β-unsaturated/α-hetero) is 1. The summed E-state index contributed by atoms with van der Waals surface area (Å²) in [7, 11) is 0. The van der Waals surface area contributed by atoms with Crippen molar-refractivity contribution in [3.63, 3.8) is 0 Å². The molecule has 0 radical (unpaired) electrons. The molecule has 24 heavy (non-hydrogen) atoms. The summed E-state index contributed by atoms with van der Waals surface area (Å²) >= 11 is 0. The second kappa shape index (κ2) is 8.47. The average molecular weight is 346 g/mol. The van der Waals surface area contributed by atoms with Gasteiger partial charge in [-0.1, -0.05) is 6.92 Å². The molecule has 0 aromatic heterocycles. The lowest BCUT2D eigenvalue weighted by Gasteiger charge is -2.15. The maximum absolute atomic E-state index is 12.5. The zero-order valence-electron chi connectivity index (χ0n) is 13.2. The lowest BCUT2D eigenvalue weighted by atomic mass is 10.1. The van der Waals surface area contributed by atoms with Crippen molar-refractivity contribution in [2.45, 2.75) is 39.0 Å². The Morgan fingerprint density at radius 3 is 2.12 bits per heavy atom. The lowest BCUT2D eigenvalue weighted by molar-refractivity contribution is -0.147. The third-order valence-electron chi connectivity index (χ3n) is 3.05. The Morgan fingerprint density at radius 1 is 1.08 bits per heavy atom. The van der Waals surface area contributed by atoms with E-state index in [1.807, 2.05) is 0 Å². The predicted octanol–water partition coefficient (Wildman–Crippen LogP) is 3.16. The SMILES string of the molecule is CCOC(=O)CC(=O)C(CC)OC(=O)c1ccc(C(F)(F)F)cc1. The maximum Gasteiger partial charge on any atom is 0.416 e. The molecular formula is C16H17F3O5. The van der Waals surface area contributed by atoms with Gasteiger partial charge in [-0.25, -0.2) is 4.79 Å². The molecule has 0 amide bonds. The van der Waals surface area contributed by atoms with E-state index in [1.165, 1.54) is 0 Å². The average Bonchev–Trinajstić information content (AvgIpc) is 2.51. The highest BCUT2D eigenvalue weighted by Gasteiger charge is 2.30. The number of ether oxygens (including phenoxy) is 2. The summed E-state index contributed by atoms with van der Waals surface area (Å²) in [6.07, 6.45) is -6.08. The molecule has 0 spiro atoms. The largest absolute Gasteiger partial charge is 0.466 e. The van der Waals surface area contributed by atoms with Crippen molar-refractivity contribution >= 4 is 17.7 Å². The summed E-state index contributed by atoms with van der Waals surface area (Å²) < 4.78 is 47.0. The van der Waals surface area contributed by atoms with Gasteiger partial charge in [-0.3, -0.25) is 9.59 Å². The first kappa shape index (κ1) is 19.7. The first-order valence-corrected chi connectivity index (χ1v) is 7.25. The van der Waals surface area contributed by atoms with Crippen LogP contribution in [0.5, 0.6) is 0 Å². The molecule has 1 aromatic rings. The Bertz CT molecular complexity index is 593. The third kappa shape index (κ3) is 5.68. The van der Waals surface area contributed by atoms with E-state index >= 15 is 0 Å². The zero-order chi connectivity index (χ0) is 18.3. The Hall–Kier alpha value is -2.38. The monoisotopic (exact) mass is 346 g/mol. The highest BCUT2D eigenvalue weighted by Crippen LogP contribution is 2.29. The van der Waals surface area contributed by atoms with Crippen LogP contribution in [0.25, 0.3) is 0 Å². The molecule has 0 N–H and O–H groups in total. The van der Waals surface area contributed by atoms with Gasteiger partial charge < -0.3 is 9.47 Å². The van der Waals surface area contributed by atoms with Gasteiger partial charge in [0.2, 0.25) is 0 Å². The van der Waals surface area contributed by atoms with Crippen LogP contribution in [-0.2, 0) is 25.2 Å². The first-order chi connectivity index (χ1) is 11.2. The van der Waals surface area contributed by atoms with Crippen molar-refractivity contribution in [1.29, 1.82) is 0 Å². The number of esters is 2. The van der Waals surface area contributed by atoms with Gasteiger partial charge in [0.15, 0.2) is 11.9 Å². The lowest BCUT2D eigenvalue weighted by Crippen LogP contribution is -2.29. The fraction of sp³-hybridized carbons (Fsp3) is 0.438. The van der Waals surface area contributed by atoms with Crippen LogP contribution < -0.4 is 0 Å². The number of halogens is 3. The number of hydrogen-bond acceptors (Lipinski definition) is 5. The summed E-state index contributed by atoms with van der Waals surface area (Å²) in [5, 5.41) is 0. The van der Waals surface area contributed by atoms with E-state index in [0.717, 1.165) is 24.3 Å². The molecule has 0 saturated heterocycles. The molecular weight excluding hydrogens is 329 g/mol. The van der Waals surface area contributed by atoms with E-state index < -0.39 is 42.0 Å². The summed E-state index contributed by atoms with van der Waals surface area (Å²) in [5.41, 5.74) is -1.02. The molecule has 8 heteroatoms. The van der Waals surface area contributed by atoms with Crippen LogP contribution in [0.15, 0.2) is 24.3 Å². The number of carbonyl (C=O) groups excluding carboxylic acids is 3. The van der Waals surface area contributed by atoms with Gasteiger partial charge >= 0.3 is 18.1 Å². The summed E-state index contributed by atoms with van der Waals surface area (Å²) in [6, 6.07) is 3.43. The minimum atomic E-state index is -4.51. The quantitative estimate of drug-likeness (QED) is 0.560. The molecule has 132 valence electrons. The Morgan fingerprint density at radius 2 is 1.67 bits per heavy atom. The third-order valence-corrected chi connectivity index (χ3v) is 3.05. The molecule has 0 aliphatic rings. The Labute approximate surface area is 136 Å². The minimum absolute atomic E-state index is 0.119. The summed E-state index contributed by atoms with van der Waals surface area (Å²) in [6.45, 7) is 3.28. The first-order valence-electron chi connectivity index (χ1n) is 7.25. The van der Waals surface area contributed by atoms with Gasteiger partial charge in [-0.2, -0.15) is 13.2 Å². The van der Waals surface area contributed by atoms with Gasteiger partial charge in [0, 0.05) is 0 Å². The van der Waals surface area contributed by atoms with Crippen LogP contribution in [0.1, 0.15) is 42.6 Å². The van der Waals surface area contributed by atoms with E-state index in [9.17, 15) is 27.6 Å². The topological polar surface area (TPSA) is 69.7 Å². The van der Waals surface area contributed by atoms with Gasteiger partial charge in [-0.15, -0.1) is 0 Å². The number of ketones is 1. The maximum atomic E-state index is 12.5. The molecule has 0 bridgehead atoms. The fourth-order valence-electron chi connectivity index (χ4n) is 1.84. The number of alkyl halides is 3. The van der Waals surface area contributed by atoms with E-state index in [-0.39, 0.29) is 18.6 Å². The zero-order valence-corrected chi connectivity index (χ0v) is 13.2. The Kier molecular flexibility index (Phi) is 6.94. The van der Waals surface area contributed by atoms with Gasteiger partial charge in [0.05, 0.1) is 17.7 Å². The van der Waals surface area contributed by atoms with Crippen molar-refractivity contribution in [2.75, 3.05) is 6.61 Å². The molecule has 0 aliphatic heterocycles.